The quantitative estimate of drug-likeness (QED) is 0.282. The lowest BCUT2D eigenvalue weighted by Gasteiger charge is -2.27. The molecule has 2 atom stereocenters. The molecule has 2 rings (SSSR count). The molecule has 0 bridgehead atoms. The van der Waals surface area contributed by atoms with Gasteiger partial charge in [0.15, 0.2) is 0 Å². The maximum absolute atomic E-state index is 13.2. The van der Waals surface area contributed by atoms with E-state index in [2.05, 4.69) is 5.73 Å². The molecule has 1 aliphatic rings. The maximum Gasteiger partial charge on any atom is 0.476 e. The molecule has 13 heteroatoms. The van der Waals surface area contributed by atoms with Gasteiger partial charge in [0.05, 0.1) is 26.4 Å². The summed E-state index contributed by atoms with van der Waals surface area (Å²) in [6.45, 7) is 2.72. The van der Waals surface area contributed by atoms with Crippen molar-refractivity contribution in [2.24, 2.45) is 0 Å². The van der Waals surface area contributed by atoms with Gasteiger partial charge in [0, 0.05) is 18.7 Å². The number of morpholine rings is 1. The van der Waals surface area contributed by atoms with E-state index in [1.807, 2.05) is 4.90 Å². The molecule has 1 saturated heterocycles. The van der Waals surface area contributed by atoms with Gasteiger partial charge in [0.25, 0.3) is 6.17 Å². The number of phosphoric ester groups is 1. The number of ketones is 1. The number of alkyl halides is 4. The number of carbonyl (C=O) groups excluding carboxylic acids is 1. The molecule has 1 aromatic carbocycles. The van der Waals surface area contributed by atoms with Gasteiger partial charge in [-0.3, -0.25) is 23.3 Å². The zero-order valence-corrected chi connectivity index (χ0v) is 17.7. The van der Waals surface area contributed by atoms with Gasteiger partial charge in [-0.15, -0.1) is 0 Å². The molecule has 0 aromatic heterocycles. The van der Waals surface area contributed by atoms with Gasteiger partial charge in [-0.25, -0.2) is 8.96 Å². The first-order valence-electron chi connectivity index (χ1n) is 9.61. The summed E-state index contributed by atoms with van der Waals surface area (Å²) >= 11 is 0. The second kappa shape index (κ2) is 12.0. The Morgan fingerprint density at radius 1 is 1.13 bits per heavy atom. The Bertz CT molecular complexity index is 744. The molecule has 1 fully saturated rings. The first kappa shape index (κ1) is 25.9. The largest absolute Gasteiger partial charge is 0.476 e. The minimum Gasteiger partial charge on any atom is -0.379 e. The Kier molecular flexibility index (Phi) is 10.0. The van der Waals surface area contributed by atoms with E-state index in [0.29, 0.717) is 38.4 Å². The fraction of sp³-hybridized carbons (Fsp3) is 0.611. The van der Waals surface area contributed by atoms with Crippen LogP contribution in [0.5, 0.6) is 0 Å². The lowest BCUT2D eigenvalue weighted by Crippen LogP contribution is -2.52. The van der Waals surface area contributed by atoms with Gasteiger partial charge in [-0.2, -0.15) is 13.2 Å². The number of Topliss-reactive ketones (excluding diaryl/α,β-unsaturated/α-hetero) is 1. The van der Waals surface area contributed by atoms with Crippen molar-refractivity contribution in [1.29, 1.82) is 0 Å². The van der Waals surface area contributed by atoms with Gasteiger partial charge in [0.1, 0.15) is 13.3 Å². The van der Waals surface area contributed by atoms with Gasteiger partial charge < -0.3 is 10.5 Å². The number of hydrogen-bond donors (Lipinski definition) is 1. The topological polar surface area (TPSA) is 102 Å². The number of nitrogens with zero attached hydrogens (tertiary/aromatic N) is 1. The van der Waals surface area contributed by atoms with Crippen LogP contribution in [0.15, 0.2) is 24.3 Å². The van der Waals surface area contributed by atoms with Crippen molar-refractivity contribution in [3.63, 3.8) is 0 Å². The highest BCUT2D eigenvalue weighted by atomic mass is 31.2. The van der Waals surface area contributed by atoms with E-state index in [1.165, 1.54) is 12.1 Å². The predicted octanol–water partition coefficient (Wildman–Crippen LogP) is 2.00. The van der Waals surface area contributed by atoms with Crippen molar-refractivity contribution >= 4 is 13.6 Å². The second-order valence-electron chi connectivity index (χ2n) is 6.67. The van der Waals surface area contributed by atoms with Crippen molar-refractivity contribution in [2.75, 3.05) is 52.8 Å². The molecule has 2 unspecified atom stereocenters. The van der Waals surface area contributed by atoms with Gasteiger partial charge in [-0.1, -0.05) is 24.3 Å². The zero-order chi connectivity index (χ0) is 22.9. The number of halogens is 4. The predicted molar refractivity (Wildman–Crippen MR) is 101 cm³/mol. The third-order valence-electron chi connectivity index (χ3n) is 4.29. The Labute approximate surface area is 177 Å². The highest BCUT2D eigenvalue weighted by molar-refractivity contribution is 7.48. The second-order valence-corrected chi connectivity index (χ2v) is 8.34. The lowest BCUT2D eigenvalue weighted by atomic mass is 10.0. The number of quaternary nitrogens is 1. The van der Waals surface area contributed by atoms with E-state index in [9.17, 15) is 26.9 Å². The minimum atomic E-state index is -5.25. The normalized spacial score (nSPS) is 18.5. The van der Waals surface area contributed by atoms with Crippen LogP contribution in [0.3, 0.4) is 0 Å². The number of ether oxygens (including phenoxy) is 1. The van der Waals surface area contributed by atoms with E-state index in [1.54, 1.807) is 0 Å². The molecule has 0 radical (unpaired) electrons. The summed E-state index contributed by atoms with van der Waals surface area (Å²) in [5.41, 5.74) is 3.79. The Hall–Kier alpha value is -1.40. The molecule has 8 nitrogen and oxygen atoms in total. The lowest BCUT2D eigenvalue weighted by molar-refractivity contribution is -0.371. The highest BCUT2D eigenvalue weighted by Gasteiger charge is 2.45. The van der Waals surface area contributed by atoms with Crippen LogP contribution < -0.4 is 5.73 Å². The fourth-order valence-electron chi connectivity index (χ4n) is 2.58. The molecular formula is C18H26F4N2O6P+. The van der Waals surface area contributed by atoms with Gasteiger partial charge in [0.2, 0.25) is 5.78 Å². The minimum absolute atomic E-state index is 0.0399. The first-order chi connectivity index (χ1) is 14.6. The van der Waals surface area contributed by atoms with Crippen LogP contribution in [0.25, 0.3) is 0 Å². The summed E-state index contributed by atoms with van der Waals surface area (Å²) in [5.74, 6) is -1.65. The fourth-order valence-corrected chi connectivity index (χ4v) is 3.77. The van der Waals surface area contributed by atoms with Crippen molar-refractivity contribution in [3.05, 3.63) is 35.4 Å². The molecule has 176 valence electrons. The molecule has 0 spiro atoms. The van der Waals surface area contributed by atoms with Crippen LogP contribution >= 0.6 is 7.82 Å². The van der Waals surface area contributed by atoms with Gasteiger partial charge >= 0.3 is 14.0 Å². The third kappa shape index (κ3) is 8.57. The molecule has 3 N–H and O–H groups in total. The number of carbonyl (C=O) groups is 1. The average Bonchev–Trinajstić information content (AvgIpc) is 2.76. The van der Waals surface area contributed by atoms with Crippen LogP contribution in [-0.4, -0.2) is 75.8 Å². The number of benzene rings is 1. The van der Waals surface area contributed by atoms with Crippen LogP contribution in [-0.2, 0) is 29.3 Å². The summed E-state index contributed by atoms with van der Waals surface area (Å²) in [4.78, 5) is 13.4. The standard InChI is InChI=1S/C18H25F4N2O6P/c19-17(18(20,21)22)16(25)15-3-1-14(2-4-15)5-9-28-31(26,29-10-6-23)30-13-24-7-11-27-12-8-24/h1-4,17H,5-13,23H2/p+1. The Balaban J connectivity index is 1.87. The zero-order valence-electron chi connectivity index (χ0n) is 16.8. The molecule has 1 aliphatic heterocycles. The average molecular weight is 473 g/mol. The van der Waals surface area contributed by atoms with Crippen LogP contribution in [0.2, 0.25) is 0 Å². The van der Waals surface area contributed by atoms with Crippen LogP contribution in [0.4, 0.5) is 17.6 Å². The summed E-state index contributed by atoms with van der Waals surface area (Å²) in [7, 11) is -3.85. The number of rotatable bonds is 12. The van der Waals surface area contributed by atoms with Gasteiger partial charge in [-0.05, 0) is 12.0 Å². The van der Waals surface area contributed by atoms with E-state index in [-0.39, 0.29) is 26.4 Å². The monoisotopic (exact) mass is 473 g/mol. The summed E-state index contributed by atoms with van der Waals surface area (Å²) in [6.07, 6.45) is -8.60. The van der Waals surface area contributed by atoms with E-state index in [4.69, 9.17) is 18.3 Å². The summed E-state index contributed by atoms with van der Waals surface area (Å²) in [5, 5.41) is 0. The maximum atomic E-state index is 13.2. The van der Waals surface area contributed by atoms with E-state index in [0.717, 1.165) is 12.1 Å². The highest BCUT2D eigenvalue weighted by Crippen LogP contribution is 2.49. The van der Waals surface area contributed by atoms with E-state index >= 15 is 0 Å². The van der Waals surface area contributed by atoms with Crippen molar-refractivity contribution < 1.29 is 51.0 Å². The van der Waals surface area contributed by atoms with E-state index < -0.39 is 31.5 Å². The van der Waals surface area contributed by atoms with Crippen LogP contribution in [0, 0.1) is 0 Å². The molecule has 0 amide bonds. The SMILES string of the molecule is [NH3+]CCOP(=O)(OCCc1ccc(C(=O)C(F)C(F)(F)F)cc1)OCN1CCOCC1. The first-order valence-corrected chi connectivity index (χ1v) is 11.1. The smallest absolute Gasteiger partial charge is 0.379 e. The molecule has 31 heavy (non-hydrogen) atoms. The molecular weight excluding hydrogens is 447 g/mol. The summed E-state index contributed by atoms with van der Waals surface area (Å²) in [6, 6.07) is 4.94. The Morgan fingerprint density at radius 3 is 2.32 bits per heavy atom. The number of hydrogen-bond acceptors (Lipinski definition) is 7. The molecule has 1 heterocycles. The molecule has 0 aliphatic carbocycles. The molecule has 1 aromatic rings. The Morgan fingerprint density at radius 2 is 1.74 bits per heavy atom. The van der Waals surface area contributed by atoms with Crippen molar-refractivity contribution in [3.8, 4) is 0 Å². The van der Waals surface area contributed by atoms with Crippen molar-refractivity contribution in [1.82, 2.24) is 4.90 Å². The molecule has 0 saturated carbocycles. The third-order valence-corrected chi connectivity index (χ3v) is 5.72. The number of phosphoric acid groups is 1. The summed E-state index contributed by atoms with van der Waals surface area (Å²) < 4.78 is 84.1. The van der Waals surface area contributed by atoms with Crippen LogP contribution in [0.1, 0.15) is 15.9 Å². The van der Waals surface area contributed by atoms with Crippen molar-refractivity contribution in [2.45, 2.75) is 18.8 Å².